The Kier molecular flexibility index (Phi) is 7.69. The molecular formula is C16H16ClF3O. The number of para-hydroxylation sites is 1. The molecule has 0 atom stereocenters. The monoisotopic (exact) mass is 316 g/mol. The molecule has 0 unspecified atom stereocenters. The predicted octanol–water partition coefficient (Wildman–Crippen LogP) is 6.11. The highest BCUT2D eigenvalue weighted by Crippen LogP contribution is 2.31. The Morgan fingerprint density at radius 3 is 2.19 bits per heavy atom. The highest BCUT2D eigenvalue weighted by molar-refractivity contribution is 6.32. The van der Waals surface area contributed by atoms with Crippen LogP contribution in [0.4, 0.5) is 13.2 Å². The van der Waals surface area contributed by atoms with Gasteiger partial charge in [0.05, 0.1) is 5.02 Å². The molecule has 2 aromatic carbocycles. The molecule has 0 aliphatic heterocycles. The van der Waals surface area contributed by atoms with Crippen LogP contribution in [0, 0.1) is 5.82 Å². The summed E-state index contributed by atoms with van der Waals surface area (Å²) >= 11 is 5.90. The third-order valence-corrected chi connectivity index (χ3v) is 2.90. The number of hydrogen-bond donors (Lipinski definition) is 0. The Morgan fingerprint density at radius 1 is 1.05 bits per heavy atom. The van der Waals surface area contributed by atoms with Crippen molar-refractivity contribution < 1.29 is 17.9 Å². The molecular weight excluding hydrogens is 301 g/mol. The summed E-state index contributed by atoms with van der Waals surface area (Å²) in [6.45, 7) is 0.379. The van der Waals surface area contributed by atoms with Gasteiger partial charge in [0.15, 0.2) is 11.6 Å². The SMILES string of the molecule is CCCc1ccc(Oc2c(F)cccc2Cl)cc1.FCF. The maximum absolute atomic E-state index is 13.5. The number of ether oxygens (including phenoxy) is 1. The lowest BCUT2D eigenvalue weighted by Crippen LogP contribution is -1.90. The van der Waals surface area contributed by atoms with Crippen molar-refractivity contribution in [1.29, 1.82) is 0 Å². The zero-order valence-corrected chi connectivity index (χ0v) is 12.3. The quantitative estimate of drug-likeness (QED) is 0.661. The van der Waals surface area contributed by atoms with Crippen LogP contribution in [-0.4, -0.2) is 6.93 Å². The number of rotatable bonds is 4. The molecule has 21 heavy (non-hydrogen) atoms. The van der Waals surface area contributed by atoms with Gasteiger partial charge < -0.3 is 4.74 Å². The van der Waals surface area contributed by atoms with Crippen molar-refractivity contribution in [2.45, 2.75) is 19.8 Å². The summed E-state index contributed by atoms with van der Waals surface area (Å²) in [5.41, 5.74) is 1.24. The minimum absolute atomic E-state index is 0.0717. The van der Waals surface area contributed by atoms with E-state index < -0.39 is 12.7 Å². The number of alkyl halides is 2. The lowest BCUT2D eigenvalue weighted by molar-refractivity contribution is 0.295. The van der Waals surface area contributed by atoms with Crippen molar-refractivity contribution in [1.82, 2.24) is 0 Å². The van der Waals surface area contributed by atoms with Crippen molar-refractivity contribution in [2.75, 3.05) is 6.93 Å². The van der Waals surface area contributed by atoms with E-state index in [2.05, 4.69) is 6.92 Å². The lowest BCUT2D eigenvalue weighted by atomic mass is 10.1. The van der Waals surface area contributed by atoms with Gasteiger partial charge in [-0.2, -0.15) is 0 Å². The Morgan fingerprint density at radius 2 is 1.67 bits per heavy atom. The van der Waals surface area contributed by atoms with E-state index in [1.165, 1.54) is 11.6 Å². The lowest BCUT2D eigenvalue weighted by Gasteiger charge is -2.09. The second-order valence-corrected chi connectivity index (χ2v) is 4.56. The van der Waals surface area contributed by atoms with Crippen LogP contribution in [0.1, 0.15) is 18.9 Å². The fourth-order valence-corrected chi connectivity index (χ4v) is 1.91. The Labute approximate surface area is 127 Å². The normalized spacial score (nSPS) is 9.76. The smallest absolute Gasteiger partial charge is 0.229 e. The first-order chi connectivity index (χ1) is 10.1. The van der Waals surface area contributed by atoms with Crippen LogP contribution in [0.2, 0.25) is 5.02 Å². The van der Waals surface area contributed by atoms with Gasteiger partial charge in [-0.3, -0.25) is 0 Å². The average Bonchev–Trinajstić information content (AvgIpc) is 2.46. The van der Waals surface area contributed by atoms with Crippen LogP contribution in [0.5, 0.6) is 11.5 Å². The minimum Gasteiger partial charge on any atom is -0.453 e. The Bertz CT molecular complexity index is 523. The second kappa shape index (κ2) is 9.29. The maximum atomic E-state index is 13.5. The van der Waals surface area contributed by atoms with Gasteiger partial charge in [-0.15, -0.1) is 0 Å². The molecule has 1 nitrogen and oxygen atoms in total. The van der Waals surface area contributed by atoms with E-state index >= 15 is 0 Å². The largest absolute Gasteiger partial charge is 0.453 e. The highest BCUT2D eigenvalue weighted by atomic mass is 35.5. The average molecular weight is 317 g/mol. The van der Waals surface area contributed by atoms with Crippen molar-refractivity contribution in [3.63, 3.8) is 0 Å². The maximum Gasteiger partial charge on any atom is 0.229 e. The van der Waals surface area contributed by atoms with Gasteiger partial charge in [0, 0.05) is 0 Å². The molecule has 0 amide bonds. The van der Waals surface area contributed by atoms with E-state index in [1.807, 2.05) is 24.3 Å². The molecule has 0 saturated heterocycles. The van der Waals surface area contributed by atoms with E-state index in [1.54, 1.807) is 12.1 Å². The molecule has 0 N–H and O–H groups in total. The van der Waals surface area contributed by atoms with Crippen LogP contribution in [0.15, 0.2) is 42.5 Å². The molecule has 114 valence electrons. The topological polar surface area (TPSA) is 9.23 Å². The van der Waals surface area contributed by atoms with Gasteiger partial charge in [-0.1, -0.05) is 43.1 Å². The zero-order chi connectivity index (χ0) is 15.7. The molecule has 0 saturated carbocycles. The summed E-state index contributed by atoms with van der Waals surface area (Å²) in [5.74, 6) is 0.199. The number of halogens is 4. The summed E-state index contributed by atoms with van der Waals surface area (Å²) in [6.07, 6.45) is 2.13. The fourth-order valence-electron chi connectivity index (χ4n) is 1.71. The van der Waals surface area contributed by atoms with E-state index in [-0.39, 0.29) is 10.8 Å². The van der Waals surface area contributed by atoms with Crippen molar-refractivity contribution in [3.05, 3.63) is 58.9 Å². The third-order valence-electron chi connectivity index (χ3n) is 2.60. The predicted molar refractivity (Wildman–Crippen MR) is 79.0 cm³/mol. The second-order valence-electron chi connectivity index (χ2n) is 4.15. The van der Waals surface area contributed by atoms with E-state index in [0.29, 0.717) is 5.75 Å². The van der Waals surface area contributed by atoms with E-state index in [9.17, 15) is 13.2 Å². The van der Waals surface area contributed by atoms with Crippen LogP contribution < -0.4 is 4.74 Å². The summed E-state index contributed by atoms with van der Waals surface area (Å²) in [4.78, 5) is 0. The number of hydrogen-bond acceptors (Lipinski definition) is 1. The highest BCUT2D eigenvalue weighted by Gasteiger charge is 2.09. The number of benzene rings is 2. The van der Waals surface area contributed by atoms with Crippen molar-refractivity contribution in [3.8, 4) is 11.5 Å². The molecule has 0 aliphatic rings. The Balaban J connectivity index is 0.000000677. The van der Waals surface area contributed by atoms with Gasteiger partial charge >= 0.3 is 0 Å². The standard InChI is InChI=1S/C15H14ClFO.CH2F2/c1-2-4-11-7-9-12(10-8-11)18-15-13(16)5-3-6-14(15)17;2-1-3/h3,5-10H,2,4H2,1H3;1H2. The van der Waals surface area contributed by atoms with Gasteiger partial charge in [0.25, 0.3) is 0 Å². The van der Waals surface area contributed by atoms with Gasteiger partial charge in [-0.25, -0.2) is 13.2 Å². The summed E-state index contributed by atoms with van der Waals surface area (Å²) in [6, 6.07) is 12.1. The van der Waals surface area contributed by atoms with Gasteiger partial charge in [-0.05, 0) is 36.2 Å². The molecule has 5 heteroatoms. The van der Waals surface area contributed by atoms with E-state index in [0.717, 1.165) is 12.8 Å². The number of aryl methyl sites for hydroxylation is 1. The first-order valence-corrected chi connectivity index (χ1v) is 6.82. The van der Waals surface area contributed by atoms with E-state index in [4.69, 9.17) is 16.3 Å². The zero-order valence-electron chi connectivity index (χ0n) is 11.6. The Hall–Kier alpha value is -1.68. The fraction of sp³-hybridized carbons (Fsp3) is 0.250. The van der Waals surface area contributed by atoms with Crippen LogP contribution in [0.25, 0.3) is 0 Å². The first-order valence-electron chi connectivity index (χ1n) is 6.45. The molecule has 0 bridgehead atoms. The summed E-state index contributed by atoms with van der Waals surface area (Å²) in [7, 11) is 0. The molecule has 0 heterocycles. The van der Waals surface area contributed by atoms with Crippen molar-refractivity contribution in [2.24, 2.45) is 0 Å². The molecule has 2 aromatic rings. The third kappa shape index (κ3) is 5.68. The van der Waals surface area contributed by atoms with Crippen LogP contribution >= 0.6 is 11.6 Å². The molecule has 0 radical (unpaired) electrons. The van der Waals surface area contributed by atoms with Gasteiger partial charge in [0.2, 0.25) is 6.93 Å². The van der Waals surface area contributed by atoms with Crippen LogP contribution in [-0.2, 0) is 6.42 Å². The summed E-state index contributed by atoms with van der Waals surface area (Å²) in [5, 5.41) is 0.271. The minimum atomic E-state index is -1.75. The summed E-state index contributed by atoms with van der Waals surface area (Å²) < 4.78 is 38.2. The van der Waals surface area contributed by atoms with Crippen molar-refractivity contribution >= 4 is 11.6 Å². The van der Waals surface area contributed by atoms with Crippen LogP contribution in [0.3, 0.4) is 0 Å². The molecule has 2 rings (SSSR count). The molecule has 0 aliphatic carbocycles. The molecule has 0 fully saturated rings. The van der Waals surface area contributed by atoms with Gasteiger partial charge in [0.1, 0.15) is 5.75 Å². The molecule has 0 spiro atoms. The first kappa shape index (κ1) is 17.4. The molecule has 0 aromatic heterocycles.